The number of para-hydroxylation sites is 1. The van der Waals surface area contributed by atoms with Crippen molar-refractivity contribution in [2.75, 3.05) is 12.3 Å². The second-order valence-corrected chi connectivity index (χ2v) is 7.95. The van der Waals surface area contributed by atoms with Crippen LogP contribution in [0.5, 0.6) is 0 Å². The normalized spacial score (nSPS) is 17.4. The van der Waals surface area contributed by atoms with Crippen LogP contribution < -0.4 is 0 Å². The van der Waals surface area contributed by atoms with Gasteiger partial charge in [-0.2, -0.15) is 0 Å². The van der Waals surface area contributed by atoms with Gasteiger partial charge < -0.3 is 9.47 Å². The minimum Gasteiger partial charge on any atom is -0.350 e. The van der Waals surface area contributed by atoms with Crippen LogP contribution in [0.3, 0.4) is 0 Å². The fourth-order valence-electron chi connectivity index (χ4n) is 3.49. The minimum atomic E-state index is 0.0566. The summed E-state index contributed by atoms with van der Waals surface area (Å²) in [6.07, 6.45) is 2.50. The van der Waals surface area contributed by atoms with Gasteiger partial charge in [0.1, 0.15) is 5.37 Å². The molecule has 0 bridgehead atoms. The number of carbonyl (C=O) groups excluding carboxylic acids is 1. The molecule has 1 atom stereocenters. The predicted octanol–water partition coefficient (Wildman–Crippen LogP) is 4.65. The van der Waals surface area contributed by atoms with Crippen molar-refractivity contribution in [2.45, 2.75) is 11.8 Å². The number of nitrogens with zero attached hydrogens (tertiary/aromatic N) is 2. The number of aromatic nitrogens is 1. The van der Waals surface area contributed by atoms with E-state index in [0.717, 1.165) is 34.3 Å². The highest BCUT2D eigenvalue weighted by atomic mass is 35.5. The summed E-state index contributed by atoms with van der Waals surface area (Å²) in [5.41, 5.74) is 3.35. The summed E-state index contributed by atoms with van der Waals surface area (Å²) in [7, 11) is 2.02. The van der Waals surface area contributed by atoms with Crippen LogP contribution in [0.1, 0.15) is 16.5 Å². The third kappa shape index (κ3) is 3.16. The van der Waals surface area contributed by atoms with Crippen LogP contribution >= 0.6 is 23.4 Å². The highest BCUT2D eigenvalue weighted by Crippen LogP contribution is 2.39. The lowest BCUT2D eigenvalue weighted by atomic mass is 10.1. The second kappa shape index (κ2) is 6.77. The maximum atomic E-state index is 13.0. The standard InChI is InChI=1S/C20H19ClN2OS/c1-22-13-15(17-7-2-3-8-18(17)22)12-19(24)23-9-10-25-20(23)14-5-4-6-16(21)11-14/h2-8,11,13,20H,9-10,12H2,1H3. The second-order valence-electron chi connectivity index (χ2n) is 6.32. The van der Waals surface area contributed by atoms with E-state index in [2.05, 4.69) is 22.9 Å². The number of rotatable bonds is 3. The van der Waals surface area contributed by atoms with Crippen LogP contribution in [0.25, 0.3) is 10.9 Å². The first-order chi connectivity index (χ1) is 12.1. The lowest BCUT2D eigenvalue weighted by Crippen LogP contribution is -2.31. The van der Waals surface area contributed by atoms with E-state index >= 15 is 0 Å². The van der Waals surface area contributed by atoms with E-state index in [1.165, 1.54) is 0 Å². The molecule has 1 aromatic heterocycles. The van der Waals surface area contributed by atoms with Crippen molar-refractivity contribution < 1.29 is 4.79 Å². The SMILES string of the molecule is Cn1cc(CC(=O)N2CCSC2c2cccc(Cl)c2)c2ccccc21. The van der Waals surface area contributed by atoms with E-state index in [9.17, 15) is 4.79 Å². The van der Waals surface area contributed by atoms with Gasteiger partial charge in [-0.15, -0.1) is 11.8 Å². The van der Waals surface area contributed by atoms with E-state index in [-0.39, 0.29) is 11.3 Å². The number of thioether (sulfide) groups is 1. The van der Waals surface area contributed by atoms with Gasteiger partial charge in [-0.25, -0.2) is 0 Å². The van der Waals surface area contributed by atoms with Crippen molar-refractivity contribution in [3.8, 4) is 0 Å². The van der Waals surface area contributed by atoms with Gasteiger partial charge in [0.2, 0.25) is 5.91 Å². The number of hydrogen-bond acceptors (Lipinski definition) is 2. The molecule has 1 fully saturated rings. The summed E-state index contributed by atoms with van der Waals surface area (Å²) in [5.74, 6) is 1.13. The quantitative estimate of drug-likeness (QED) is 0.670. The maximum Gasteiger partial charge on any atom is 0.228 e. The van der Waals surface area contributed by atoms with Crippen molar-refractivity contribution in [1.29, 1.82) is 0 Å². The molecule has 3 aromatic rings. The Kier molecular flexibility index (Phi) is 4.48. The van der Waals surface area contributed by atoms with Gasteiger partial charge in [0.05, 0.1) is 6.42 Å². The van der Waals surface area contributed by atoms with Crippen LogP contribution in [0.2, 0.25) is 5.02 Å². The first kappa shape index (κ1) is 16.6. The Balaban J connectivity index is 1.59. The highest BCUT2D eigenvalue weighted by molar-refractivity contribution is 7.99. The van der Waals surface area contributed by atoms with Crippen molar-refractivity contribution >= 4 is 40.2 Å². The third-order valence-electron chi connectivity index (χ3n) is 4.67. The molecule has 0 radical (unpaired) electrons. The largest absolute Gasteiger partial charge is 0.350 e. The molecular weight excluding hydrogens is 352 g/mol. The fraction of sp³-hybridized carbons (Fsp3) is 0.250. The zero-order valence-electron chi connectivity index (χ0n) is 14.0. The van der Waals surface area contributed by atoms with Crippen molar-refractivity contribution in [1.82, 2.24) is 9.47 Å². The molecule has 1 aliphatic rings. The van der Waals surface area contributed by atoms with Crippen molar-refractivity contribution in [3.63, 3.8) is 0 Å². The van der Waals surface area contributed by atoms with E-state index < -0.39 is 0 Å². The summed E-state index contributed by atoms with van der Waals surface area (Å²) in [6, 6.07) is 16.1. The first-order valence-corrected chi connectivity index (χ1v) is 9.75. The Bertz CT molecular complexity index is 936. The number of benzene rings is 2. The van der Waals surface area contributed by atoms with Gasteiger partial charge in [0, 0.05) is 41.5 Å². The van der Waals surface area contributed by atoms with Crippen LogP contribution in [0, 0.1) is 0 Å². The molecule has 2 heterocycles. The number of fused-ring (bicyclic) bond motifs is 1. The predicted molar refractivity (Wildman–Crippen MR) is 105 cm³/mol. The third-order valence-corrected chi connectivity index (χ3v) is 6.16. The zero-order valence-corrected chi connectivity index (χ0v) is 15.6. The molecule has 5 heteroatoms. The molecule has 3 nitrogen and oxygen atoms in total. The Labute approximate surface area is 156 Å². The molecule has 1 amide bonds. The fourth-order valence-corrected chi connectivity index (χ4v) is 4.96. The Hall–Kier alpha value is -1.91. The molecule has 0 aliphatic carbocycles. The number of halogens is 1. The summed E-state index contributed by atoms with van der Waals surface area (Å²) >= 11 is 7.93. The molecular formula is C20H19ClN2OS. The van der Waals surface area contributed by atoms with Crippen LogP contribution in [-0.4, -0.2) is 27.7 Å². The van der Waals surface area contributed by atoms with Crippen molar-refractivity contribution in [2.24, 2.45) is 7.05 Å². The van der Waals surface area contributed by atoms with Crippen molar-refractivity contribution in [3.05, 3.63) is 70.9 Å². The zero-order chi connectivity index (χ0) is 17.4. The number of aryl methyl sites for hydroxylation is 1. The number of hydrogen-bond donors (Lipinski definition) is 0. The van der Waals surface area contributed by atoms with Gasteiger partial charge in [-0.05, 0) is 29.3 Å². The van der Waals surface area contributed by atoms with Crippen LogP contribution in [0.15, 0.2) is 54.7 Å². The van der Waals surface area contributed by atoms with E-state index in [1.54, 1.807) is 11.8 Å². The van der Waals surface area contributed by atoms with Crippen LogP contribution in [-0.2, 0) is 18.3 Å². The van der Waals surface area contributed by atoms with Gasteiger partial charge in [0.15, 0.2) is 0 Å². The number of carbonyl (C=O) groups is 1. The summed E-state index contributed by atoms with van der Waals surface area (Å²) < 4.78 is 2.09. The molecule has 1 unspecified atom stereocenters. The van der Waals surface area contributed by atoms with Gasteiger partial charge in [-0.1, -0.05) is 41.9 Å². The average molecular weight is 371 g/mol. The molecule has 0 spiro atoms. The monoisotopic (exact) mass is 370 g/mol. The Morgan fingerprint density at radius 3 is 2.92 bits per heavy atom. The lowest BCUT2D eigenvalue weighted by Gasteiger charge is -2.24. The minimum absolute atomic E-state index is 0.0566. The van der Waals surface area contributed by atoms with E-state index in [0.29, 0.717) is 11.4 Å². The highest BCUT2D eigenvalue weighted by Gasteiger charge is 2.31. The van der Waals surface area contributed by atoms with E-state index in [4.69, 9.17) is 11.6 Å². The van der Waals surface area contributed by atoms with E-state index in [1.807, 2.05) is 48.3 Å². The summed E-state index contributed by atoms with van der Waals surface area (Å²) in [6.45, 7) is 0.783. The molecule has 4 rings (SSSR count). The molecule has 1 saturated heterocycles. The van der Waals surface area contributed by atoms with Gasteiger partial charge in [0.25, 0.3) is 0 Å². The van der Waals surface area contributed by atoms with Gasteiger partial charge >= 0.3 is 0 Å². The molecule has 128 valence electrons. The van der Waals surface area contributed by atoms with Crippen LogP contribution in [0.4, 0.5) is 0 Å². The molecule has 1 aliphatic heterocycles. The summed E-state index contributed by atoms with van der Waals surface area (Å²) in [5, 5.41) is 1.93. The number of amides is 1. The smallest absolute Gasteiger partial charge is 0.228 e. The molecule has 0 N–H and O–H groups in total. The first-order valence-electron chi connectivity index (χ1n) is 8.33. The lowest BCUT2D eigenvalue weighted by molar-refractivity contribution is -0.130. The average Bonchev–Trinajstić information content (AvgIpc) is 3.21. The Morgan fingerprint density at radius 2 is 2.08 bits per heavy atom. The summed E-state index contributed by atoms with van der Waals surface area (Å²) in [4.78, 5) is 15.0. The maximum absolute atomic E-state index is 13.0. The molecule has 0 saturated carbocycles. The Morgan fingerprint density at radius 1 is 1.24 bits per heavy atom. The van der Waals surface area contributed by atoms with Gasteiger partial charge in [-0.3, -0.25) is 4.79 Å². The molecule has 2 aromatic carbocycles. The molecule has 25 heavy (non-hydrogen) atoms. The topological polar surface area (TPSA) is 25.2 Å².